The average molecular weight is 287 g/mol. The number of nitrogens with zero attached hydrogens (tertiary/aromatic N) is 1. The predicted octanol–water partition coefficient (Wildman–Crippen LogP) is 1.64. The largest absolute Gasteiger partial charge is 0.255 e. The highest BCUT2D eigenvalue weighted by Gasteiger charge is 2.14. The number of primary sulfonamides is 1. The highest BCUT2D eigenvalue weighted by molar-refractivity contribution is 9.10. The van der Waals surface area contributed by atoms with Gasteiger partial charge in [-0.2, -0.15) is 0 Å². The maximum atomic E-state index is 11.3. The number of sulfonamides is 1. The lowest BCUT2D eigenvalue weighted by Crippen LogP contribution is -2.13. The second-order valence-corrected chi connectivity index (χ2v) is 5.37. The van der Waals surface area contributed by atoms with Gasteiger partial charge in [-0.05, 0) is 18.2 Å². The van der Waals surface area contributed by atoms with Crippen LogP contribution in [0.3, 0.4) is 0 Å². The summed E-state index contributed by atoms with van der Waals surface area (Å²) in [5, 5.41) is 5.82. The van der Waals surface area contributed by atoms with Crippen molar-refractivity contribution >= 4 is 36.9 Å². The summed E-state index contributed by atoms with van der Waals surface area (Å²) >= 11 is 3.32. The standard InChI is InChI=1S/C9H7BrN2O2S/c10-7-3-4-8(15(11,13)14)9-6(7)2-1-5-12-9/h1-5H,(H2,11,13,14). The molecule has 0 aliphatic rings. The minimum atomic E-state index is -3.73. The molecule has 15 heavy (non-hydrogen) atoms. The monoisotopic (exact) mass is 286 g/mol. The van der Waals surface area contributed by atoms with Crippen LogP contribution >= 0.6 is 15.9 Å². The van der Waals surface area contributed by atoms with Crippen molar-refractivity contribution in [1.29, 1.82) is 0 Å². The number of aromatic nitrogens is 1. The molecule has 0 radical (unpaired) electrons. The Morgan fingerprint density at radius 1 is 1.27 bits per heavy atom. The molecule has 1 aromatic heterocycles. The molecular formula is C9H7BrN2O2S. The molecule has 2 rings (SSSR count). The van der Waals surface area contributed by atoms with Crippen molar-refractivity contribution in [2.24, 2.45) is 5.14 Å². The van der Waals surface area contributed by atoms with Crippen LogP contribution in [0.25, 0.3) is 10.9 Å². The third-order valence-electron chi connectivity index (χ3n) is 1.99. The van der Waals surface area contributed by atoms with E-state index in [-0.39, 0.29) is 4.90 Å². The Bertz CT molecular complexity index is 625. The SMILES string of the molecule is NS(=O)(=O)c1ccc(Br)c2cccnc12. The molecular weight excluding hydrogens is 280 g/mol. The summed E-state index contributed by atoms with van der Waals surface area (Å²) in [4.78, 5) is 4.06. The summed E-state index contributed by atoms with van der Waals surface area (Å²) in [5.74, 6) is 0. The molecule has 4 nitrogen and oxygen atoms in total. The van der Waals surface area contributed by atoms with E-state index in [1.807, 2.05) is 0 Å². The first-order chi connectivity index (χ1) is 7.00. The molecule has 6 heteroatoms. The van der Waals surface area contributed by atoms with Gasteiger partial charge in [-0.3, -0.25) is 4.98 Å². The van der Waals surface area contributed by atoms with Gasteiger partial charge in [0.25, 0.3) is 0 Å². The fourth-order valence-electron chi connectivity index (χ4n) is 1.34. The van der Waals surface area contributed by atoms with E-state index in [9.17, 15) is 8.42 Å². The number of rotatable bonds is 1. The summed E-state index contributed by atoms with van der Waals surface area (Å²) in [7, 11) is -3.73. The number of pyridine rings is 1. The lowest BCUT2D eigenvalue weighted by atomic mass is 10.2. The highest BCUT2D eigenvalue weighted by atomic mass is 79.9. The maximum Gasteiger partial charge on any atom is 0.240 e. The van der Waals surface area contributed by atoms with Gasteiger partial charge in [0.2, 0.25) is 10.0 Å². The number of benzene rings is 1. The minimum absolute atomic E-state index is 0.0429. The molecule has 2 aromatic rings. The fourth-order valence-corrected chi connectivity index (χ4v) is 2.48. The van der Waals surface area contributed by atoms with Crippen LogP contribution in [-0.2, 0) is 10.0 Å². The molecule has 0 bridgehead atoms. The van der Waals surface area contributed by atoms with E-state index in [0.717, 1.165) is 9.86 Å². The van der Waals surface area contributed by atoms with Gasteiger partial charge in [-0.15, -0.1) is 0 Å². The van der Waals surface area contributed by atoms with Gasteiger partial charge in [0.1, 0.15) is 4.90 Å². The van der Waals surface area contributed by atoms with Crippen molar-refractivity contribution in [3.63, 3.8) is 0 Å². The van der Waals surface area contributed by atoms with E-state index in [1.165, 1.54) is 12.3 Å². The number of fused-ring (bicyclic) bond motifs is 1. The smallest absolute Gasteiger partial charge is 0.240 e. The zero-order valence-electron chi connectivity index (χ0n) is 7.51. The van der Waals surface area contributed by atoms with Crippen LogP contribution in [0.5, 0.6) is 0 Å². The van der Waals surface area contributed by atoms with Crippen LogP contribution in [0.1, 0.15) is 0 Å². The summed E-state index contributed by atoms with van der Waals surface area (Å²) in [6.07, 6.45) is 1.53. The summed E-state index contributed by atoms with van der Waals surface area (Å²) in [6.45, 7) is 0. The van der Waals surface area contributed by atoms with Crippen molar-refractivity contribution < 1.29 is 8.42 Å². The first-order valence-electron chi connectivity index (χ1n) is 4.06. The normalized spacial score (nSPS) is 11.9. The van der Waals surface area contributed by atoms with E-state index < -0.39 is 10.0 Å². The van der Waals surface area contributed by atoms with Gasteiger partial charge in [0, 0.05) is 16.1 Å². The Labute approximate surface area is 95.3 Å². The molecule has 0 spiro atoms. The van der Waals surface area contributed by atoms with Crippen LogP contribution in [0.2, 0.25) is 0 Å². The van der Waals surface area contributed by atoms with Crippen LogP contribution in [0.4, 0.5) is 0 Å². The summed E-state index contributed by atoms with van der Waals surface area (Å²) < 4.78 is 23.4. The summed E-state index contributed by atoms with van der Waals surface area (Å²) in [5.41, 5.74) is 0.384. The third kappa shape index (κ3) is 1.88. The Balaban J connectivity index is 2.96. The average Bonchev–Trinajstić information content (AvgIpc) is 2.17. The molecule has 0 saturated heterocycles. The van der Waals surface area contributed by atoms with Gasteiger partial charge in [-0.25, -0.2) is 13.6 Å². The molecule has 0 fully saturated rings. The Kier molecular flexibility index (Phi) is 2.49. The number of nitrogens with two attached hydrogens (primary N) is 1. The minimum Gasteiger partial charge on any atom is -0.255 e. The lowest BCUT2D eigenvalue weighted by Gasteiger charge is -2.04. The van der Waals surface area contributed by atoms with Crippen molar-refractivity contribution in [3.05, 3.63) is 34.9 Å². The van der Waals surface area contributed by atoms with Gasteiger partial charge in [-0.1, -0.05) is 22.0 Å². The number of hydrogen-bond acceptors (Lipinski definition) is 3. The van der Waals surface area contributed by atoms with E-state index in [0.29, 0.717) is 5.52 Å². The van der Waals surface area contributed by atoms with Gasteiger partial charge in [0.15, 0.2) is 0 Å². The first-order valence-corrected chi connectivity index (χ1v) is 6.40. The topological polar surface area (TPSA) is 73.1 Å². The van der Waals surface area contributed by atoms with Crippen molar-refractivity contribution in [2.75, 3.05) is 0 Å². The highest BCUT2D eigenvalue weighted by Crippen LogP contribution is 2.26. The summed E-state index contributed by atoms with van der Waals surface area (Å²) in [6, 6.07) is 6.60. The first kappa shape index (κ1) is 10.5. The molecule has 0 atom stereocenters. The molecule has 0 amide bonds. The number of hydrogen-bond donors (Lipinski definition) is 1. The Morgan fingerprint density at radius 2 is 2.00 bits per heavy atom. The molecule has 0 unspecified atom stereocenters. The van der Waals surface area contributed by atoms with Crippen LogP contribution in [-0.4, -0.2) is 13.4 Å². The quantitative estimate of drug-likeness (QED) is 0.866. The number of halogens is 1. The molecule has 78 valence electrons. The predicted molar refractivity (Wildman–Crippen MR) is 60.8 cm³/mol. The van der Waals surface area contributed by atoms with Crippen molar-refractivity contribution in [2.45, 2.75) is 4.90 Å². The lowest BCUT2D eigenvalue weighted by molar-refractivity contribution is 0.598. The van der Waals surface area contributed by atoms with Gasteiger partial charge in [0.05, 0.1) is 5.52 Å². The molecule has 1 aromatic carbocycles. The Hall–Kier alpha value is -0.980. The molecule has 1 heterocycles. The van der Waals surface area contributed by atoms with Crippen LogP contribution in [0.15, 0.2) is 39.8 Å². The van der Waals surface area contributed by atoms with Crippen molar-refractivity contribution in [1.82, 2.24) is 4.98 Å². The molecule has 0 aliphatic heterocycles. The van der Waals surface area contributed by atoms with E-state index in [4.69, 9.17) is 5.14 Å². The zero-order valence-corrected chi connectivity index (χ0v) is 9.92. The van der Waals surface area contributed by atoms with E-state index in [1.54, 1.807) is 18.2 Å². The van der Waals surface area contributed by atoms with Crippen LogP contribution in [0, 0.1) is 0 Å². The van der Waals surface area contributed by atoms with Gasteiger partial charge < -0.3 is 0 Å². The maximum absolute atomic E-state index is 11.3. The van der Waals surface area contributed by atoms with E-state index >= 15 is 0 Å². The molecule has 0 saturated carbocycles. The second kappa shape index (κ2) is 3.55. The van der Waals surface area contributed by atoms with Gasteiger partial charge >= 0.3 is 0 Å². The molecule has 2 N–H and O–H groups in total. The van der Waals surface area contributed by atoms with E-state index in [2.05, 4.69) is 20.9 Å². The van der Waals surface area contributed by atoms with Crippen molar-refractivity contribution in [3.8, 4) is 0 Å². The zero-order chi connectivity index (χ0) is 11.1. The molecule has 0 aliphatic carbocycles. The Morgan fingerprint density at radius 3 is 2.67 bits per heavy atom. The third-order valence-corrected chi connectivity index (χ3v) is 3.62. The second-order valence-electron chi connectivity index (χ2n) is 2.99. The van der Waals surface area contributed by atoms with Crippen LogP contribution < -0.4 is 5.14 Å². The fraction of sp³-hybridized carbons (Fsp3) is 0.